The third-order valence-electron chi connectivity index (χ3n) is 3.64. The molecule has 27 heavy (non-hydrogen) atoms. The van der Waals surface area contributed by atoms with E-state index in [2.05, 4.69) is 0 Å². The molecule has 2 aromatic carbocycles. The first-order chi connectivity index (χ1) is 12.1. The Morgan fingerprint density at radius 1 is 0.667 bits per heavy atom. The Morgan fingerprint density at radius 2 is 1.15 bits per heavy atom. The van der Waals surface area contributed by atoms with Crippen molar-refractivity contribution in [3.05, 3.63) is 58.6 Å². The maximum absolute atomic E-state index is 14.1. The second-order valence-corrected chi connectivity index (χ2v) is 5.81. The molecule has 0 nitrogen and oxygen atoms in total. The molecule has 0 saturated carbocycles. The third-order valence-corrected chi connectivity index (χ3v) is 3.94. The van der Waals surface area contributed by atoms with Gasteiger partial charge in [0.1, 0.15) is 0 Å². The van der Waals surface area contributed by atoms with Crippen molar-refractivity contribution in [3.8, 4) is 11.1 Å². The van der Waals surface area contributed by atoms with Crippen LogP contribution in [0.4, 0.5) is 43.9 Å². The fraction of sp³-hybridized carbons (Fsp3) is 0.250. The molecule has 2 aromatic rings. The van der Waals surface area contributed by atoms with Crippen molar-refractivity contribution < 1.29 is 43.9 Å². The van der Waals surface area contributed by atoms with Gasteiger partial charge in [0.15, 0.2) is 0 Å². The smallest absolute Gasteiger partial charge is 0.218 e. The van der Waals surface area contributed by atoms with Gasteiger partial charge < -0.3 is 0 Å². The highest BCUT2D eigenvalue weighted by Gasteiger charge is 2.73. The topological polar surface area (TPSA) is 0 Å². The molecule has 0 amide bonds. The molecule has 0 heterocycles. The third kappa shape index (κ3) is 3.71. The van der Waals surface area contributed by atoms with E-state index in [1.165, 1.54) is 18.2 Å². The molecule has 2 rings (SSSR count). The Kier molecular flexibility index (Phi) is 5.19. The van der Waals surface area contributed by atoms with Crippen LogP contribution in [-0.4, -0.2) is 12.4 Å². The largest absolute Gasteiger partial charge is 0.435 e. The first kappa shape index (κ1) is 21.3. The van der Waals surface area contributed by atoms with Gasteiger partial charge in [-0.1, -0.05) is 41.9 Å². The summed E-state index contributed by atoms with van der Waals surface area (Å²) < 4.78 is 131. The molecule has 0 aromatic heterocycles. The highest BCUT2D eigenvalue weighted by molar-refractivity contribution is 6.33. The zero-order valence-corrected chi connectivity index (χ0v) is 13.5. The number of alkyl halides is 10. The summed E-state index contributed by atoms with van der Waals surface area (Å²) in [5.74, 6) is 0. The first-order valence-corrected chi connectivity index (χ1v) is 7.27. The van der Waals surface area contributed by atoms with Crippen LogP contribution in [0.3, 0.4) is 0 Å². The normalized spacial score (nSPS) is 13.7. The van der Waals surface area contributed by atoms with Gasteiger partial charge >= 0.3 is 24.2 Å². The van der Waals surface area contributed by atoms with E-state index in [4.69, 9.17) is 11.6 Å². The number of hydrogen-bond donors (Lipinski definition) is 0. The van der Waals surface area contributed by atoms with E-state index < -0.39 is 52.0 Å². The summed E-state index contributed by atoms with van der Waals surface area (Å²) in [6, 6.07) is 5.60. The second-order valence-electron chi connectivity index (χ2n) is 5.40. The molecule has 0 aliphatic heterocycles. The lowest BCUT2D eigenvalue weighted by molar-refractivity contribution is -0.348. The number of halogens is 11. The molecule has 0 unspecified atom stereocenters. The lowest BCUT2D eigenvalue weighted by Gasteiger charge is -2.31. The molecule has 0 radical (unpaired) electrons. The zero-order valence-electron chi connectivity index (χ0n) is 12.7. The molecule has 148 valence electrons. The highest BCUT2D eigenvalue weighted by atomic mass is 35.5. The monoisotopic (exact) mass is 424 g/mol. The van der Waals surface area contributed by atoms with E-state index in [1.54, 1.807) is 0 Å². The maximum Gasteiger partial charge on any atom is 0.435 e. The van der Waals surface area contributed by atoms with E-state index in [-0.39, 0.29) is 11.6 Å². The summed E-state index contributed by atoms with van der Waals surface area (Å²) in [5.41, 5.74) is -11.3. The standard InChI is InChI=1S/C16H7ClF10/c17-11-7-9(13(18,15(22,23)24)16(25,26)27)6-10(14(19,20)21)12(11)8-4-2-1-3-5-8/h1-7H. The Balaban J connectivity index is 2.89. The summed E-state index contributed by atoms with van der Waals surface area (Å²) in [6.07, 6.45) is -18.5. The summed E-state index contributed by atoms with van der Waals surface area (Å²) >= 11 is 5.58. The Morgan fingerprint density at radius 3 is 1.56 bits per heavy atom. The van der Waals surface area contributed by atoms with Crippen LogP contribution in [-0.2, 0) is 11.8 Å². The average molecular weight is 425 g/mol. The molecule has 0 bridgehead atoms. The van der Waals surface area contributed by atoms with Crippen LogP contribution in [0.25, 0.3) is 11.1 Å². The van der Waals surface area contributed by atoms with Gasteiger partial charge in [0.05, 0.1) is 5.56 Å². The van der Waals surface area contributed by atoms with Crippen molar-refractivity contribution in [2.45, 2.75) is 24.2 Å². The van der Waals surface area contributed by atoms with Gasteiger partial charge in [0.25, 0.3) is 0 Å². The SMILES string of the molecule is FC(F)(F)c1cc(C(F)(C(F)(F)F)C(F)(F)F)cc(Cl)c1-c1ccccc1. The van der Waals surface area contributed by atoms with Crippen LogP contribution in [0.15, 0.2) is 42.5 Å². The summed E-state index contributed by atoms with van der Waals surface area (Å²) in [4.78, 5) is 0. The van der Waals surface area contributed by atoms with Crippen LogP contribution in [0.2, 0.25) is 5.02 Å². The maximum atomic E-state index is 14.1. The molecule has 0 aliphatic carbocycles. The summed E-state index contributed by atoms with van der Waals surface area (Å²) in [6.45, 7) is 0. The Labute approximate surface area is 150 Å². The number of rotatable bonds is 2. The van der Waals surface area contributed by atoms with E-state index in [1.807, 2.05) is 0 Å². The zero-order chi connectivity index (χ0) is 20.8. The molecule has 0 spiro atoms. The predicted octanol–water partition coefficient (Wildman–Crippen LogP) is 7.32. The van der Waals surface area contributed by atoms with Crippen molar-refractivity contribution in [2.75, 3.05) is 0 Å². The van der Waals surface area contributed by atoms with E-state index in [9.17, 15) is 43.9 Å². The van der Waals surface area contributed by atoms with Gasteiger partial charge in [-0.2, -0.15) is 39.5 Å². The number of benzene rings is 2. The van der Waals surface area contributed by atoms with Crippen LogP contribution in [0.1, 0.15) is 11.1 Å². The van der Waals surface area contributed by atoms with Crippen LogP contribution >= 0.6 is 11.6 Å². The molecule has 0 saturated heterocycles. The molecule has 0 atom stereocenters. The Hall–Kier alpha value is -1.97. The second kappa shape index (κ2) is 6.57. The highest BCUT2D eigenvalue weighted by Crippen LogP contribution is 2.55. The van der Waals surface area contributed by atoms with Gasteiger partial charge in [-0.05, 0) is 17.7 Å². The van der Waals surface area contributed by atoms with E-state index in [0.717, 1.165) is 12.1 Å². The van der Waals surface area contributed by atoms with Crippen molar-refractivity contribution in [1.29, 1.82) is 0 Å². The molecule has 0 aliphatic rings. The van der Waals surface area contributed by atoms with Crippen LogP contribution in [0.5, 0.6) is 0 Å². The summed E-state index contributed by atoms with van der Waals surface area (Å²) in [7, 11) is 0. The molecule has 11 heteroatoms. The average Bonchev–Trinajstić information content (AvgIpc) is 2.51. The van der Waals surface area contributed by atoms with Crippen molar-refractivity contribution in [2.24, 2.45) is 0 Å². The number of hydrogen-bond acceptors (Lipinski definition) is 0. The quantitative estimate of drug-likeness (QED) is 0.443. The molecule has 0 fully saturated rings. The van der Waals surface area contributed by atoms with Crippen LogP contribution < -0.4 is 0 Å². The van der Waals surface area contributed by atoms with Gasteiger partial charge in [0.2, 0.25) is 0 Å². The predicted molar refractivity (Wildman–Crippen MR) is 76.8 cm³/mol. The van der Waals surface area contributed by atoms with Gasteiger partial charge in [-0.25, -0.2) is 4.39 Å². The van der Waals surface area contributed by atoms with Crippen LogP contribution in [0, 0.1) is 0 Å². The molecular weight excluding hydrogens is 418 g/mol. The minimum Gasteiger partial charge on any atom is -0.218 e. The van der Waals surface area contributed by atoms with Crippen molar-refractivity contribution in [3.63, 3.8) is 0 Å². The lowest BCUT2D eigenvalue weighted by Crippen LogP contribution is -2.50. The van der Waals surface area contributed by atoms with Crippen molar-refractivity contribution >= 4 is 11.6 Å². The van der Waals surface area contributed by atoms with Crippen molar-refractivity contribution in [1.82, 2.24) is 0 Å². The molecule has 0 N–H and O–H groups in total. The first-order valence-electron chi connectivity index (χ1n) is 6.89. The minimum absolute atomic E-state index is 0.0971. The molecular formula is C16H7ClF10. The Bertz CT molecular complexity index is 804. The lowest BCUT2D eigenvalue weighted by atomic mass is 9.89. The van der Waals surface area contributed by atoms with Gasteiger partial charge in [-0.15, -0.1) is 0 Å². The van der Waals surface area contributed by atoms with E-state index >= 15 is 0 Å². The van der Waals surface area contributed by atoms with Gasteiger partial charge in [0, 0.05) is 16.1 Å². The fourth-order valence-corrected chi connectivity index (χ4v) is 2.74. The minimum atomic E-state index is -6.56. The summed E-state index contributed by atoms with van der Waals surface area (Å²) in [5, 5.41) is -1.11. The fourth-order valence-electron chi connectivity index (χ4n) is 2.42. The van der Waals surface area contributed by atoms with Gasteiger partial charge in [-0.3, -0.25) is 0 Å². The van der Waals surface area contributed by atoms with E-state index in [0.29, 0.717) is 0 Å².